The minimum Gasteiger partial charge on any atom is -0.495 e. The molecule has 1 N–H and O–H groups in total. The molecule has 0 spiro atoms. The van der Waals surface area contributed by atoms with Gasteiger partial charge in [-0.3, -0.25) is 24.5 Å². The summed E-state index contributed by atoms with van der Waals surface area (Å²) in [6.45, 7) is 0.390. The maximum atomic E-state index is 13.3. The molecule has 0 unspecified atom stereocenters. The lowest BCUT2D eigenvalue weighted by Gasteiger charge is -2.30. The highest BCUT2D eigenvalue weighted by molar-refractivity contribution is 7.92. The van der Waals surface area contributed by atoms with Gasteiger partial charge in [-0.05, 0) is 48.7 Å². The summed E-state index contributed by atoms with van der Waals surface area (Å²) in [5, 5.41) is 14.0. The van der Waals surface area contributed by atoms with Crippen LogP contribution in [-0.4, -0.2) is 37.9 Å². The van der Waals surface area contributed by atoms with Crippen molar-refractivity contribution in [2.24, 2.45) is 0 Å². The third-order valence-electron chi connectivity index (χ3n) is 5.86. The van der Waals surface area contributed by atoms with Crippen molar-refractivity contribution in [1.29, 1.82) is 0 Å². The molecule has 1 aliphatic rings. The Morgan fingerprint density at radius 2 is 1.92 bits per heavy atom. The number of para-hydroxylation sites is 1. The number of hydrogen-bond acceptors (Lipinski definition) is 8. The summed E-state index contributed by atoms with van der Waals surface area (Å²) < 4.78 is 33.8. The maximum Gasteiger partial charge on any atom is 0.275 e. The molecule has 0 saturated heterocycles. The van der Waals surface area contributed by atoms with Crippen molar-refractivity contribution in [2.45, 2.75) is 17.7 Å². The number of sulfonamides is 1. The molecule has 4 aromatic rings. The number of carbonyl (C=O) groups excluding carboxylic acids is 1. The van der Waals surface area contributed by atoms with Crippen LogP contribution in [0.15, 0.2) is 65.6 Å². The predicted octanol–water partition coefficient (Wildman–Crippen LogP) is 4.61. The van der Waals surface area contributed by atoms with Gasteiger partial charge in [0, 0.05) is 18.2 Å². The van der Waals surface area contributed by atoms with Gasteiger partial charge in [0.05, 0.1) is 38.9 Å². The Morgan fingerprint density at radius 3 is 2.64 bits per heavy atom. The van der Waals surface area contributed by atoms with Crippen molar-refractivity contribution in [2.75, 3.05) is 23.3 Å². The molecular weight excluding hydrogens is 504 g/mol. The van der Waals surface area contributed by atoms with Gasteiger partial charge >= 0.3 is 0 Å². The van der Waals surface area contributed by atoms with E-state index in [0.717, 1.165) is 29.7 Å². The Kier molecular flexibility index (Phi) is 6.06. The van der Waals surface area contributed by atoms with Crippen LogP contribution in [0.1, 0.15) is 22.3 Å². The van der Waals surface area contributed by atoms with E-state index in [1.54, 1.807) is 6.07 Å². The topological polar surface area (TPSA) is 132 Å². The van der Waals surface area contributed by atoms with Crippen LogP contribution in [0.2, 0.25) is 0 Å². The van der Waals surface area contributed by atoms with Crippen molar-refractivity contribution in [3.8, 4) is 5.75 Å². The second-order valence-corrected chi connectivity index (χ2v) is 10.9. The van der Waals surface area contributed by atoms with E-state index in [-0.39, 0.29) is 27.0 Å². The zero-order chi connectivity index (χ0) is 25.4. The standard InChI is InChI=1S/C24H20N4O6S2/c1-34-21-14-17(28(30)31)13-19-22(21)35-24(25-19)26-23(29)16-8-10-18(11-9-16)36(32,33)27-12-4-6-15-5-2-3-7-20(15)27/h2-3,5,7-11,13-14H,4,6,12H2,1H3,(H,25,26,29). The fraction of sp³-hybridized carbons (Fsp3) is 0.167. The Morgan fingerprint density at radius 1 is 1.17 bits per heavy atom. The molecule has 3 aromatic carbocycles. The normalized spacial score (nSPS) is 13.3. The highest BCUT2D eigenvalue weighted by Gasteiger charge is 2.29. The van der Waals surface area contributed by atoms with E-state index in [1.165, 1.54) is 47.8 Å². The lowest BCUT2D eigenvalue weighted by molar-refractivity contribution is -0.384. The first-order valence-electron chi connectivity index (χ1n) is 10.9. The van der Waals surface area contributed by atoms with E-state index in [2.05, 4.69) is 10.3 Å². The quantitative estimate of drug-likeness (QED) is 0.288. The highest BCUT2D eigenvalue weighted by atomic mass is 32.2. The van der Waals surface area contributed by atoms with Crippen LogP contribution in [0.25, 0.3) is 10.2 Å². The van der Waals surface area contributed by atoms with Crippen molar-refractivity contribution in [3.63, 3.8) is 0 Å². The lowest BCUT2D eigenvalue weighted by Crippen LogP contribution is -2.35. The summed E-state index contributed by atoms with van der Waals surface area (Å²) in [7, 11) is -2.39. The van der Waals surface area contributed by atoms with E-state index in [4.69, 9.17) is 4.74 Å². The van der Waals surface area contributed by atoms with Gasteiger partial charge in [-0.1, -0.05) is 29.5 Å². The van der Waals surface area contributed by atoms with Gasteiger partial charge in [0.15, 0.2) is 5.13 Å². The molecule has 0 radical (unpaired) electrons. The number of non-ortho nitro benzene ring substituents is 1. The van der Waals surface area contributed by atoms with Crippen LogP contribution >= 0.6 is 11.3 Å². The average Bonchev–Trinajstić information content (AvgIpc) is 3.30. The number of nitrogens with one attached hydrogen (secondary N) is 1. The Balaban J connectivity index is 1.37. The molecule has 5 rings (SSSR count). The number of hydrogen-bond donors (Lipinski definition) is 1. The Hall–Kier alpha value is -4.03. The Bertz CT molecular complexity index is 1600. The van der Waals surface area contributed by atoms with E-state index < -0.39 is 20.9 Å². The maximum absolute atomic E-state index is 13.3. The van der Waals surface area contributed by atoms with Crippen LogP contribution in [0.4, 0.5) is 16.5 Å². The van der Waals surface area contributed by atoms with Crippen molar-refractivity contribution in [3.05, 3.63) is 81.9 Å². The average molecular weight is 525 g/mol. The molecule has 0 saturated carbocycles. The summed E-state index contributed by atoms with van der Waals surface area (Å²) >= 11 is 1.12. The molecule has 10 nitrogen and oxygen atoms in total. The molecule has 1 amide bonds. The molecule has 0 bridgehead atoms. The number of nitrogens with zero attached hydrogens (tertiary/aromatic N) is 3. The monoisotopic (exact) mass is 524 g/mol. The molecule has 0 fully saturated rings. The fourth-order valence-corrected chi connectivity index (χ4v) is 6.60. The van der Waals surface area contributed by atoms with E-state index in [9.17, 15) is 23.3 Å². The number of nitro benzene ring substituents is 1. The number of ether oxygens (including phenoxy) is 1. The summed E-state index contributed by atoms with van der Waals surface area (Å²) in [5.41, 5.74) is 2.06. The van der Waals surface area contributed by atoms with Gasteiger partial charge < -0.3 is 4.74 Å². The molecule has 184 valence electrons. The van der Waals surface area contributed by atoms with Crippen LogP contribution in [0, 0.1) is 10.1 Å². The second kappa shape index (κ2) is 9.21. The van der Waals surface area contributed by atoms with Gasteiger partial charge in [-0.15, -0.1) is 0 Å². The molecule has 1 aromatic heterocycles. The van der Waals surface area contributed by atoms with Gasteiger partial charge in [0.2, 0.25) is 0 Å². The molecule has 12 heteroatoms. The van der Waals surface area contributed by atoms with E-state index in [0.29, 0.717) is 22.4 Å². The third kappa shape index (κ3) is 4.25. The van der Waals surface area contributed by atoms with Gasteiger partial charge in [0.25, 0.3) is 21.6 Å². The fourth-order valence-electron chi connectivity index (χ4n) is 4.12. The molecular formula is C24H20N4O6S2. The van der Waals surface area contributed by atoms with Crippen LogP contribution in [-0.2, 0) is 16.4 Å². The molecule has 0 aliphatic carbocycles. The minimum absolute atomic E-state index is 0.0905. The van der Waals surface area contributed by atoms with Gasteiger partial charge in [0.1, 0.15) is 5.75 Å². The SMILES string of the molecule is COc1cc([N+](=O)[O-])cc2nc(NC(=O)c3ccc(S(=O)(=O)N4CCCc5ccccc54)cc3)sc12. The largest absolute Gasteiger partial charge is 0.495 e. The van der Waals surface area contributed by atoms with E-state index in [1.807, 2.05) is 18.2 Å². The number of nitro groups is 1. The Labute approximate surface area is 210 Å². The van der Waals surface area contributed by atoms with E-state index >= 15 is 0 Å². The van der Waals surface area contributed by atoms with Crippen LogP contribution < -0.4 is 14.4 Å². The number of aryl methyl sites for hydroxylation is 1. The zero-order valence-electron chi connectivity index (χ0n) is 19.0. The number of thiazole rings is 1. The second-order valence-electron chi connectivity index (χ2n) is 8.06. The molecule has 0 atom stereocenters. The molecule has 2 heterocycles. The first-order chi connectivity index (χ1) is 17.3. The number of aromatic nitrogens is 1. The highest BCUT2D eigenvalue weighted by Crippen LogP contribution is 2.37. The zero-order valence-corrected chi connectivity index (χ0v) is 20.6. The summed E-state index contributed by atoms with van der Waals surface area (Å²) in [6.07, 6.45) is 1.55. The van der Waals surface area contributed by atoms with Crippen molar-refractivity contribution in [1.82, 2.24) is 4.98 Å². The number of rotatable bonds is 6. The van der Waals surface area contributed by atoms with Crippen LogP contribution in [0.3, 0.4) is 0 Å². The number of amides is 1. The van der Waals surface area contributed by atoms with Crippen molar-refractivity contribution >= 4 is 54.0 Å². The number of anilines is 2. The first-order valence-corrected chi connectivity index (χ1v) is 13.2. The number of carbonyl (C=O) groups is 1. The first kappa shape index (κ1) is 23.7. The number of fused-ring (bicyclic) bond motifs is 2. The van der Waals surface area contributed by atoms with Crippen molar-refractivity contribution < 1.29 is 22.9 Å². The summed E-state index contributed by atoms with van der Waals surface area (Å²) in [6, 6.07) is 15.7. The molecule has 36 heavy (non-hydrogen) atoms. The van der Waals surface area contributed by atoms with Gasteiger partial charge in [-0.25, -0.2) is 13.4 Å². The minimum atomic E-state index is -3.79. The number of methoxy groups -OCH3 is 1. The smallest absolute Gasteiger partial charge is 0.275 e. The lowest BCUT2D eigenvalue weighted by atomic mass is 10.0. The summed E-state index contributed by atoms with van der Waals surface area (Å²) in [4.78, 5) is 27.8. The summed E-state index contributed by atoms with van der Waals surface area (Å²) in [5.74, 6) is -0.208. The third-order valence-corrected chi connectivity index (χ3v) is 8.69. The van der Waals surface area contributed by atoms with Gasteiger partial charge in [-0.2, -0.15) is 0 Å². The molecule has 1 aliphatic heterocycles. The van der Waals surface area contributed by atoms with Crippen LogP contribution in [0.5, 0.6) is 5.75 Å². The number of benzene rings is 3. The predicted molar refractivity (Wildman–Crippen MR) is 137 cm³/mol.